The summed E-state index contributed by atoms with van der Waals surface area (Å²) in [5, 5.41) is 0. The van der Waals surface area contributed by atoms with Gasteiger partial charge in [0.15, 0.2) is 0 Å². The first-order chi connectivity index (χ1) is 8.80. The topological polar surface area (TPSA) is 46.3 Å². The van der Waals surface area contributed by atoms with Crippen LogP contribution < -0.4 is 5.73 Å². The third-order valence-corrected chi connectivity index (χ3v) is 3.55. The van der Waals surface area contributed by atoms with Crippen LogP contribution in [0.15, 0.2) is 18.2 Å². The minimum Gasteiger partial charge on any atom is -0.398 e. The zero-order valence-electron chi connectivity index (χ0n) is 10.5. The summed E-state index contributed by atoms with van der Waals surface area (Å²) in [5.74, 6) is -0.451. The molecular weight excluding hydrogens is 257 g/mol. The van der Waals surface area contributed by atoms with Gasteiger partial charge in [-0.2, -0.15) is 13.2 Å². The number of nitrogens with zero attached hydrogens (tertiary/aromatic N) is 1. The lowest BCUT2D eigenvalue weighted by molar-refractivity contribution is -0.137. The Kier molecular flexibility index (Phi) is 3.43. The first kappa shape index (κ1) is 13.7. The number of nitrogens with two attached hydrogens (primary N) is 1. The minimum atomic E-state index is -4.47. The molecule has 0 heterocycles. The average molecular weight is 272 g/mol. The van der Waals surface area contributed by atoms with Gasteiger partial charge in [0.2, 0.25) is 0 Å². The highest BCUT2D eigenvalue weighted by atomic mass is 19.4. The van der Waals surface area contributed by atoms with Crippen LogP contribution in [0.1, 0.15) is 35.2 Å². The van der Waals surface area contributed by atoms with Crippen molar-refractivity contribution in [2.45, 2.75) is 31.5 Å². The SMILES string of the molecule is CN(C(=O)c1cc(C(F)(F)F)ccc1N)C1CCC1. The van der Waals surface area contributed by atoms with Gasteiger partial charge >= 0.3 is 6.18 Å². The molecule has 0 bridgehead atoms. The number of carbonyl (C=O) groups excluding carboxylic acids is 1. The standard InChI is InChI=1S/C13H15F3N2O/c1-18(9-3-2-4-9)12(19)10-7-8(13(14,15)16)5-6-11(10)17/h5-7,9H,2-4,17H2,1H3. The summed E-state index contributed by atoms with van der Waals surface area (Å²) < 4.78 is 37.9. The fraction of sp³-hybridized carbons (Fsp3) is 0.462. The van der Waals surface area contributed by atoms with Gasteiger partial charge in [0.05, 0.1) is 11.1 Å². The van der Waals surface area contributed by atoms with E-state index in [1.807, 2.05) is 0 Å². The molecular formula is C13H15F3N2O. The molecule has 0 aliphatic heterocycles. The highest BCUT2D eigenvalue weighted by Crippen LogP contribution is 2.32. The quantitative estimate of drug-likeness (QED) is 0.841. The molecule has 1 aliphatic rings. The third kappa shape index (κ3) is 2.67. The third-order valence-electron chi connectivity index (χ3n) is 3.55. The molecule has 2 rings (SSSR count). The second-order valence-corrected chi connectivity index (χ2v) is 4.80. The Bertz CT molecular complexity index is 495. The summed E-state index contributed by atoms with van der Waals surface area (Å²) in [6, 6.07) is 2.95. The molecule has 3 nitrogen and oxygen atoms in total. The van der Waals surface area contributed by atoms with Crippen LogP contribution in [0.4, 0.5) is 18.9 Å². The predicted molar refractivity (Wildman–Crippen MR) is 65.6 cm³/mol. The van der Waals surface area contributed by atoms with Gasteiger partial charge in [-0.3, -0.25) is 4.79 Å². The summed E-state index contributed by atoms with van der Waals surface area (Å²) in [6.45, 7) is 0. The van der Waals surface area contributed by atoms with Crippen molar-refractivity contribution in [2.75, 3.05) is 12.8 Å². The highest BCUT2D eigenvalue weighted by molar-refractivity contribution is 5.99. The van der Waals surface area contributed by atoms with E-state index in [9.17, 15) is 18.0 Å². The summed E-state index contributed by atoms with van der Waals surface area (Å²) in [7, 11) is 1.60. The Morgan fingerprint density at radius 1 is 1.37 bits per heavy atom. The van der Waals surface area contributed by atoms with Gasteiger partial charge in [-0.25, -0.2) is 0 Å². The molecule has 1 saturated carbocycles. The average Bonchev–Trinajstić information content (AvgIpc) is 2.24. The van der Waals surface area contributed by atoms with Crippen LogP contribution in [0.25, 0.3) is 0 Å². The smallest absolute Gasteiger partial charge is 0.398 e. The molecule has 1 amide bonds. The Morgan fingerprint density at radius 2 is 2.00 bits per heavy atom. The monoisotopic (exact) mass is 272 g/mol. The molecule has 0 unspecified atom stereocenters. The zero-order valence-corrected chi connectivity index (χ0v) is 10.5. The number of amides is 1. The number of benzene rings is 1. The number of rotatable bonds is 2. The molecule has 1 aromatic rings. The van der Waals surface area contributed by atoms with Crippen LogP contribution in [0, 0.1) is 0 Å². The van der Waals surface area contributed by atoms with Gasteiger partial charge in [-0.1, -0.05) is 0 Å². The van der Waals surface area contributed by atoms with E-state index in [1.165, 1.54) is 4.90 Å². The molecule has 0 spiro atoms. The Balaban J connectivity index is 2.30. The fourth-order valence-corrected chi connectivity index (χ4v) is 2.05. The number of anilines is 1. The van der Waals surface area contributed by atoms with Crippen molar-refractivity contribution in [3.63, 3.8) is 0 Å². The van der Waals surface area contributed by atoms with E-state index in [0.29, 0.717) is 0 Å². The zero-order chi connectivity index (χ0) is 14.2. The maximum atomic E-state index is 12.6. The van der Waals surface area contributed by atoms with Crippen LogP contribution >= 0.6 is 0 Å². The maximum Gasteiger partial charge on any atom is 0.416 e. The lowest BCUT2D eigenvalue weighted by atomic mass is 9.91. The van der Waals surface area contributed by atoms with Crippen LogP contribution in [0.5, 0.6) is 0 Å². The van der Waals surface area contributed by atoms with Crippen molar-refractivity contribution in [3.8, 4) is 0 Å². The molecule has 0 atom stereocenters. The molecule has 0 aromatic heterocycles. The largest absolute Gasteiger partial charge is 0.416 e. The van der Waals surface area contributed by atoms with Gasteiger partial charge in [-0.05, 0) is 37.5 Å². The van der Waals surface area contributed by atoms with Crippen LogP contribution in [0.3, 0.4) is 0 Å². The normalized spacial score (nSPS) is 16.0. The summed E-state index contributed by atoms with van der Waals surface area (Å²) >= 11 is 0. The van der Waals surface area contributed by atoms with Gasteiger partial charge < -0.3 is 10.6 Å². The molecule has 19 heavy (non-hydrogen) atoms. The molecule has 0 radical (unpaired) electrons. The second kappa shape index (κ2) is 4.75. The first-order valence-electron chi connectivity index (χ1n) is 6.04. The van der Waals surface area contributed by atoms with E-state index in [-0.39, 0.29) is 17.3 Å². The van der Waals surface area contributed by atoms with Gasteiger partial charge in [0, 0.05) is 18.8 Å². The van der Waals surface area contributed by atoms with E-state index in [4.69, 9.17) is 5.73 Å². The lowest BCUT2D eigenvalue weighted by Crippen LogP contribution is -2.41. The second-order valence-electron chi connectivity index (χ2n) is 4.80. The van der Waals surface area contributed by atoms with Crippen molar-refractivity contribution in [1.29, 1.82) is 0 Å². The molecule has 0 saturated heterocycles. The summed E-state index contributed by atoms with van der Waals surface area (Å²) in [6.07, 6.45) is -1.65. The maximum absolute atomic E-state index is 12.6. The van der Waals surface area contributed by atoms with Crippen LogP contribution in [0.2, 0.25) is 0 Å². The molecule has 1 aromatic carbocycles. The Labute approximate surface area is 109 Å². The van der Waals surface area contributed by atoms with E-state index in [0.717, 1.165) is 37.5 Å². The fourth-order valence-electron chi connectivity index (χ4n) is 2.05. The number of carbonyl (C=O) groups is 1. The van der Waals surface area contributed by atoms with Crippen molar-refractivity contribution >= 4 is 11.6 Å². The van der Waals surface area contributed by atoms with Gasteiger partial charge in [0.1, 0.15) is 0 Å². The van der Waals surface area contributed by atoms with Crippen molar-refractivity contribution in [1.82, 2.24) is 4.90 Å². The molecule has 6 heteroatoms. The molecule has 1 fully saturated rings. The minimum absolute atomic E-state index is 0.0733. The number of hydrogen-bond donors (Lipinski definition) is 1. The lowest BCUT2D eigenvalue weighted by Gasteiger charge is -2.35. The molecule has 104 valence electrons. The number of alkyl halides is 3. The van der Waals surface area contributed by atoms with Crippen molar-refractivity contribution in [3.05, 3.63) is 29.3 Å². The first-order valence-corrected chi connectivity index (χ1v) is 6.04. The van der Waals surface area contributed by atoms with Crippen LogP contribution in [-0.2, 0) is 6.18 Å². The molecule has 1 aliphatic carbocycles. The van der Waals surface area contributed by atoms with Gasteiger partial charge in [0.25, 0.3) is 5.91 Å². The van der Waals surface area contributed by atoms with E-state index in [1.54, 1.807) is 7.05 Å². The van der Waals surface area contributed by atoms with E-state index in [2.05, 4.69) is 0 Å². The van der Waals surface area contributed by atoms with Crippen molar-refractivity contribution in [2.24, 2.45) is 0 Å². The predicted octanol–water partition coefficient (Wildman–Crippen LogP) is 2.91. The number of halogens is 3. The van der Waals surface area contributed by atoms with Gasteiger partial charge in [-0.15, -0.1) is 0 Å². The van der Waals surface area contributed by atoms with E-state index < -0.39 is 17.6 Å². The molecule has 2 N–H and O–H groups in total. The Hall–Kier alpha value is -1.72. The summed E-state index contributed by atoms with van der Waals surface area (Å²) in [5.41, 5.74) is 4.76. The number of hydrogen-bond acceptors (Lipinski definition) is 2. The Morgan fingerprint density at radius 3 is 2.47 bits per heavy atom. The van der Waals surface area contributed by atoms with Crippen LogP contribution in [-0.4, -0.2) is 23.9 Å². The number of nitrogen functional groups attached to an aromatic ring is 1. The highest BCUT2D eigenvalue weighted by Gasteiger charge is 2.33. The van der Waals surface area contributed by atoms with Crippen molar-refractivity contribution < 1.29 is 18.0 Å². The summed E-state index contributed by atoms with van der Waals surface area (Å²) in [4.78, 5) is 13.6. The van der Waals surface area contributed by atoms with E-state index >= 15 is 0 Å².